The Bertz CT molecular complexity index is 451. The highest BCUT2D eigenvalue weighted by atomic mass is 15.1. The van der Waals surface area contributed by atoms with Gasteiger partial charge in [0.05, 0.1) is 0 Å². The van der Waals surface area contributed by atoms with Crippen molar-refractivity contribution in [3.05, 3.63) is 35.7 Å². The number of hydrogen-bond acceptors (Lipinski definition) is 2. The minimum Gasteiger partial charge on any atom is -0.358 e. The van der Waals surface area contributed by atoms with Crippen LogP contribution in [0, 0.1) is 0 Å². The number of H-pyrrole nitrogens is 1. The van der Waals surface area contributed by atoms with Crippen LogP contribution in [0.1, 0.15) is 43.1 Å². The Morgan fingerprint density at radius 1 is 1.45 bits per heavy atom. The summed E-state index contributed by atoms with van der Waals surface area (Å²) >= 11 is 0. The third-order valence-electron chi connectivity index (χ3n) is 4.04. The number of piperidine rings is 1. The van der Waals surface area contributed by atoms with Crippen molar-refractivity contribution in [2.75, 3.05) is 19.6 Å². The third kappa shape index (κ3) is 4.09. The van der Waals surface area contributed by atoms with E-state index in [1.807, 2.05) is 13.0 Å². The number of hydrogen-bond donors (Lipinski definition) is 2. The first-order chi connectivity index (χ1) is 9.72. The molecule has 3 nitrogen and oxygen atoms in total. The summed E-state index contributed by atoms with van der Waals surface area (Å²) in [6, 6.07) is 2.64. The molecule has 3 heteroatoms. The van der Waals surface area contributed by atoms with Gasteiger partial charge in [-0.15, -0.1) is 0 Å². The van der Waals surface area contributed by atoms with Gasteiger partial charge in [0.15, 0.2) is 0 Å². The number of allylic oxidation sites excluding steroid dienone is 1. The van der Waals surface area contributed by atoms with Crippen molar-refractivity contribution in [2.24, 2.45) is 5.73 Å². The van der Waals surface area contributed by atoms with Gasteiger partial charge in [0, 0.05) is 17.4 Å². The van der Waals surface area contributed by atoms with Crippen LogP contribution in [0.15, 0.2) is 18.7 Å². The Hall–Kier alpha value is -1.32. The van der Waals surface area contributed by atoms with Crippen LogP contribution in [0.2, 0.25) is 0 Å². The first kappa shape index (κ1) is 15.1. The smallest absolute Gasteiger partial charge is 0.0452 e. The third-order valence-corrected chi connectivity index (χ3v) is 4.04. The molecule has 0 saturated carbocycles. The summed E-state index contributed by atoms with van der Waals surface area (Å²) in [5.74, 6) is 0. The van der Waals surface area contributed by atoms with Gasteiger partial charge in [-0.05, 0) is 69.9 Å². The molecule has 0 atom stereocenters. The van der Waals surface area contributed by atoms with E-state index in [1.54, 1.807) is 0 Å². The van der Waals surface area contributed by atoms with Crippen LogP contribution in [-0.2, 0) is 6.42 Å². The largest absolute Gasteiger partial charge is 0.358 e. The number of rotatable bonds is 6. The van der Waals surface area contributed by atoms with Gasteiger partial charge in [0.1, 0.15) is 0 Å². The predicted molar refractivity (Wildman–Crippen MR) is 87.6 cm³/mol. The fourth-order valence-electron chi connectivity index (χ4n) is 2.82. The highest BCUT2D eigenvalue weighted by Gasteiger charge is 2.15. The van der Waals surface area contributed by atoms with Crippen molar-refractivity contribution >= 4 is 12.2 Å². The SMILES string of the molecule is C=Cc1cc(CCCN2CCC(N)CC2)[nH]c1/C=C\C. The van der Waals surface area contributed by atoms with Crippen molar-refractivity contribution in [3.63, 3.8) is 0 Å². The molecule has 2 rings (SSSR count). The molecule has 0 aliphatic carbocycles. The Labute approximate surface area is 122 Å². The minimum atomic E-state index is 0.424. The lowest BCUT2D eigenvalue weighted by Gasteiger charge is -2.29. The van der Waals surface area contributed by atoms with E-state index in [1.165, 1.54) is 29.9 Å². The predicted octanol–water partition coefficient (Wildman–Crippen LogP) is 3.05. The van der Waals surface area contributed by atoms with E-state index in [0.717, 1.165) is 32.4 Å². The maximum absolute atomic E-state index is 5.93. The summed E-state index contributed by atoms with van der Waals surface area (Å²) in [6.45, 7) is 9.41. The second kappa shape index (κ2) is 7.46. The van der Waals surface area contributed by atoms with Gasteiger partial charge in [-0.1, -0.05) is 18.7 Å². The molecule has 20 heavy (non-hydrogen) atoms. The van der Waals surface area contributed by atoms with E-state index >= 15 is 0 Å². The van der Waals surface area contributed by atoms with Gasteiger partial charge in [0.2, 0.25) is 0 Å². The lowest BCUT2D eigenvalue weighted by Crippen LogP contribution is -2.40. The summed E-state index contributed by atoms with van der Waals surface area (Å²) in [6.07, 6.45) is 10.7. The van der Waals surface area contributed by atoms with E-state index < -0.39 is 0 Å². The zero-order valence-corrected chi connectivity index (χ0v) is 12.6. The number of aromatic amines is 1. The Morgan fingerprint density at radius 3 is 2.85 bits per heavy atom. The summed E-state index contributed by atoms with van der Waals surface area (Å²) in [5, 5.41) is 0. The van der Waals surface area contributed by atoms with Gasteiger partial charge in [-0.2, -0.15) is 0 Å². The van der Waals surface area contributed by atoms with Crippen LogP contribution >= 0.6 is 0 Å². The number of aromatic nitrogens is 1. The highest BCUT2D eigenvalue weighted by molar-refractivity contribution is 5.62. The molecule has 0 radical (unpaired) electrons. The molecule has 3 N–H and O–H groups in total. The molecule has 1 aromatic heterocycles. The number of aryl methyl sites for hydroxylation is 1. The molecule has 110 valence electrons. The lowest BCUT2D eigenvalue weighted by molar-refractivity contribution is 0.211. The van der Waals surface area contributed by atoms with Crippen LogP contribution in [-0.4, -0.2) is 35.6 Å². The molecule has 0 amide bonds. The van der Waals surface area contributed by atoms with Crippen molar-refractivity contribution in [1.29, 1.82) is 0 Å². The average molecular weight is 273 g/mol. The van der Waals surface area contributed by atoms with Crippen LogP contribution in [0.3, 0.4) is 0 Å². The second-order valence-electron chi connectivity index (χ2n) is 5.65. The monoisotopic (exact) mass is 273 g/mol. The first-order valence-corrected chi connectivity index (χ1v) is 7.68. The molecule has 0 unspecified atom stereocenters. The van der Waals surface area contributed by atoms with E-state index in [-0.39, 0.29) is 0 Å². The molecule has 1 fully saturated rings. The second-order valence-corrected chi connectivity index (χ2v) is 5.65. The molecule has 0 spiro atoms. The van der Waals surface area contributed by atoms with Gasteiger partial charge in [-0.3, -0.25) is 0 Å². The minimum absolute atomic E-state index is 0.424. The fourth-order valence-corrected chi connectivity index (χ4v) is 2.82. The molecular weight excluding hydrogens is 246 g/mol. The number of nitrogens with two attached hydrogens (primary N) is 1. The Morgan fingerprint density at radius 2 is 2.20 bits per heavy atom. The summed E-state index contributed by atoms with van der Waals surface area (Å²) in [4.78, 5) is 6.02. The summed E-state index contributed by atoms with van der Waals surface area (Å²) in [5.41, 5.74) is 9.60. The molecule has 1 aliphatic rings. The van der Waals surface area contributed by atoms with E-state index in [2.05, 4.69) is 34.7 Å². The van der Waals surface area contributed by atoms with Gasteiger partial charge in [0.25, 0.3) is 0 Å². The van der Waals surface area contributed by atoms with Crippen LogP contribution in [0.4, 0.5) is 0 Å². The zero-order chi connectivity index (χ0) is 14.4. The molecule has 1 saturated heterocycles. The average Bonchev–Trinajstić information content (AvgIpc) is 2.84. The standard InChI is InChI=1S/C17H27N3/c1-3-6-17-14(4-2)13-16(19-17)7-5-10-20-11-8-15(18)9-12-20/h3-4,6,13,15,19H,2,5,7-12,18H2,1H3/b6-3-. The number of likely N-dealkylation sites (tertiary alicyclic amines) is 1. The molecule has 2 heterocycles. The van der Waals surface area contributed by atoms with E-state index in [9.17, 15) is 0 Å². The van der Waals surface area contributed by atoms with E-state index in [0.29, 0.717) is 6.04 Å². The van der Waals surface area contributed by atoms with Crippen LogP contribution in [0.5, 0.6) is 0 Å². The van der Waals surface area contributed by atoms with Crippen molar-refractivity contribution in [2.45, 2.75) is 38.6 Å². The molecule has 0 bridgehead atoms. The first-order valence-electron chi connectivity index (χ1n) is 7.68. The topological polar surface area (TPSA) is 45.0 Å². The summed E-state index contributed by atoms with van der Waals surface area (Å²) in [7, 11) is 0. The van der Waals surface area contributed by atoms with Crippen molar-refractivity contribution < 1.29 is 0 Å². The maximum atomic E-state index is 5.93. The molecule has 1 aromatic rings. The Balaban J connectivity index is 1.80. The van der Waals surface area contributed by atoms with E-state index in [4.69, 9.17) is 5.73 Å². The van der Waals surface area contributed by atoms with Gasteiger partial charge >= 0.3 is 0 Å². The molecule has 1 aliphatic heterocycles. The van der Waals surface area contributed by atoms with Gasteiger partial charge < -0.3 is 15.6 Å². The fraction of sp³-hybridized carbons (Fsp3) is 0.529. The molecular formula is C17H27N3. The van der Waals surface area contributed by atoms with Gasteiger partial charge in [-0.25, -0.2) is 0 Å². The van der Waals surface area contributed by atoms with Crippen LogP contribution in [0.25, 0.3) is 12.2 Å². The van der Waals surface area contributed by atoms with Crippen molar-refractivity contribution in [1.82, 2.24) is 9.88 Å². The number of nitrogens with zero attached hydrogens (tertiary/aromatic N) is 1. The van der Waals surface area contributed by atoms with Crippen molar-refractivity contribution in [3.8, 4) is 0 Å². The zero-order valence-electron chi connectivity index (χ0n) is 12.6. The quantitative estimate of drug-likeness (QED) is 0.836. The van der Waals surface area contributed by atoms with Crippen LogP contribution < -0.4 is 5.73 Å². The highest BCUT2D eigenvalue weighted by Crippen LogP contribution is 2.16. The molecule has 0 aromatic carbocycles. The number of nitrogens with one attached hydrogen (secondary N) is 1. The lowest BCUT2D eigenvalue weighted by atomic mass is 10.1. The maximum Gasteiger partial charge on any atom is 0.0452 e. The Kier molecular flexibility index (Phi) is 5.62. The summed E-state index contributed by atoms with van der Waals surface area (Å²) < 4.78 is 0. The normalized spacial score (nSPS) is 17.9.